The number of aromatic nitrogens is 2. The molecule has 6 heteroatoms. The van der Waals surface area contributed by atoms with Gasteiger partial charge >= 0.3 is 6.01 Å². The van der Waals surface area contributed by atoms with Crippen LogP contribution in [0.1, 0.15) is 45.1 Å². The van der Waals surface area contributed by atoms with E-state index >= 15 is 0 Å². The first-order valence-electron chi connectivity index (χ1n) is 9.07. The van der Waals surface area contributed by atoms with Crippen molar-refractivity contribution in [1.82, 2.24) is 15.1 Å². The van der Waals surface area contributed by atoms with Gasteiger partial charge in [0.05, 0.1) is 6.10 Å². The lowest BCUT2D eigenvalue weighted by Crippen LogP contribution is -2.46. The van der Waals surface area contributed by atoms with Crippen molar-refractivity contribution in [1.29, 1.82) is 0 Å². The zero-order valence-electron chi connectivity index (χ0n) is 15.6. The van der Waals surface area contributed by atoms with Gasteiger partial charge in [-0.3, -0.25) is 4.90 Å². The number of ether oxygens (including phenoxy) is 1. The molecular weight excluding hydrogens is 316 g/mol. The summed E-state index contributed by atoms with van der Waals surface area (Å²) in [6.45, 7) is 12.9. The highest BCUT2D eigenvalue weighted by Crippen LogP contribution is 2.21. The Morgan fingerprint density at radius 2 is 1.84 bits per heavy atom. The molecule has 2 heterocycles. The van der Waals surface area contributed by atoms with Crippen LogP contribution in [0.5, 0.6) is 5.75 Å². The molecule has 1 aliphatic rings. The van der Waals surface area contributed by atoms with Gasteiger partial charge in [0.25, 0.3) is 0 Å². The number of nitrogens with zero attached hydrogens (tertiary/aromatic N) is 4. The van der Waals surface area contributed by atoms with Crippen molar-refractivity contribution in [2.24, 2.45) is 0 Å². The predicted octanol–water partition coefficient (Wildman–Crippen LogP) is 3.30. The summed E-state index contributed by atoms with van der Waals surface area (Å²) in [6, 6.07) is 9.03. The number of hydrogen-bond donors (Lipinski definition) is 0. The maximum atomic E-state index is 5.79. The van der Waals surface area contributed by atoms with E-state index in [-0.39, 0.29) is 12.0 Å². The van der Waals surface area contributed by atoms with Crippen LogP contribution in [0.25, 0.3) is 0 Å². The molecule has 3 rings (SSSR count). The van der Waals surface area contributed by atoms with E-state index in [9.17, 15) is 0 Å². The molecule has 1 saturated heterocycles. The van der Waals surface area contributed by atoms with Gasteiger partial charge < -0.3 is 14.1 Å². The molecule has 0 unspecified atom stereocenters. The van der Waals surface area contributed by atoms with Gasteiger partial charge in [-0.05, 0) is 31.5 Å². The molecule has 0 N–H and O–H groups in total. The van der Waals surface area contributed by atoms with Crippen molar-refractivity contribution in [3.63, 3.8) is 0 Å². The molecule has 6 nitrogen and oxygen atoms in total. The summed E-state index contributed by atoms with van der Waals surface area (Å²) in [6.07, 6.45) is 0.198. The van der Waals surface area contributed by atoms with Crippen molar-refractivity contribution in [3.8, 4) is 5.75 Å². The van der Waals surface area contributed by atoms with E-state index in [0.717, 1.165) is 38.5 Å². The Hall–Kier alpha value is -2.08. The minimum absolute atomic E-state index is 0.198. The van der Waals surface area contributed by atoms with Gasteiger partial charge in [-0.1, -0.05) is 31.1 Å². The van der Waals surface area contributed by atoms with Crippen LogP contribution < -0.4 is 9.64 Å². The minimum Gasteiger partial charge on any atom is -0.491 e. The topological polar surface area (TPSA) is 54.6 Å². The lowest BCUT2D eigenvalue weighted by Gasteiger charge is -2.33. The van der Waals surface area contributed by atoms with Crippen molar-refractivity contribution in [2.45, 2.75) is 46.3 Å². The fraction of sp³-hybridized carbons (Fsp3) is 0.579. The molecule has 0 aliphatic carbocycles. The van der Waals surface area contributed by atoms with E-state index in [1.807, 2.05) is 19.9 Å². The van der Waals surface area contributed by atoms with Crippen LogP contribution in [-0.4, -0.2) is 47.4 Å². The Morgan fingerprint density at radius 1 is 1.08 bits per heavy atom. The van der Waals surface area contributed by atoms with Crippen molar-refractivity contribution in [3.05, 3.63) is 35.7 Å². The molecule has 1 aromatic heterocycles. The number of piperazine rings is 1. The molecule has 1 fully saturated rings. The average molecular weight is 344 g/mol. The van der Waals surface area contributed by atoms with Crippen LogP contribution in [0.2, 0.25) is 0 Å². The summed E-state index contributed by atoms with van der Waals surface area (Å²) < 4.78 is 11.5. The SMILES string of the molecule is CC(C)Oc1cccc(CN2CCN(c3nnc(C(C)C)o3)CC2)c1. The smallest absolute Gasteiger partial charge is 0.318 e. The van der Waals surface area contributed by atoms with E-state index in [0.29, 0.717) is 11.9 Å². The van der Waals surface area contributed by atoms with Gasteiger partial charge in [0, 0.05) is 38.6 Å². The number of rotatable bonds is 6. The molecule has 0 amide bonds. The van der Waals surface area contributed by atoms with E-state index in [1.54, 1.807) is 0 Å². The summed E-state index contributed by atoms with van der Waals surface area (Å²) in [4.78, 5) is 4.62. The van der Waals surface area contributed by atoms with E-state index in [4.69, 9.17) is 9.15 Å². The third-order valence-electron chi connectivity index (χ3n) is 4.24. The summed E-state index contributed by atoms with van der Waals surface area (Å²) in [5, 5.41) is 8.31. The molecule has 1 aliphatic heterocycles. The first kappa shape index (κ1) is 17.7. The molecule has 2 aromatic rings. The highest BCUT2D eigenvalue weighted by atomic mass is 16.5. The second-order valence-corrected chi connectivity index (χ2v) is 7.15. The van der Waals surface area contributed by atoms with E-state index in [2.05, 4.69) is 52.0 Å². The maximum Gasteiger partial charge on any atom is 0.318 e. The van der Waals surface area contributed by atoms with Crippen LogP contribution in [0.15, 0.2) is 28.7 Å². The standard InChI is InChI=1S/C19H28N4O2/c1-14(2)18-20-21-19(25-18)23-10-8-22(9-11-23)13-16-6-5-7-17(12-16)24-15(3)4/h5-7,12,14-15H,8-11,13H2,1-4H3. The summed E-state index contributed by atoms with van der Waals surface area (Å²) in [5.41, 5.74) is 1.28. The Labute approximate surface area is 149 Å². The van der Waals surface area contributed by atoms with Gasteiger partial charge in [-0.15, -0.1) is 5.10 Å². The molecule has 0 bridgehead atoms. The highest BCUT2D eigenvalue weighted by Gasteiger charge is 2.22. The van der Waals surface area contributed by atoms with Crippen molar-refractivity contribution in [2.75, 3.05) is 31.1 Å². The van der Waals surface area contributed by atoms with E-state index < -0.39 is 0 Å². The van der Waals surface area contributed by atoms with Gasteiger partial charge in [-0.25, -0.2) is 0 Å². The Morgan fingerprint density at radius 3 is 2.48 bits per heavy atom. The molecule has 1 aromatic carbocycles. The van der Waals surface area contributed by atoms with E-state index in [1.165, 1.54) is 5.56 Å². The zero-order chi connectivity index (χ0) is 17.8. The largest absolute Gasteiger partial charge is 0.491 e. The molecule has 25 heavy (non-hydrogen) atoms. The van der Waals surface area contributed by atoms with Gasteiger partial charge in [0.15, 0.2) is 0 Å². The number of hydrogen-bond acceptors (Lipinski definition) is 6. The lowest BCUT2D eigenvalue weighted by molar-refractivity contribution is 0.236. The third-order valence-corrected chi connectivity index (χ3v) is 4.24. The summed E-state index contributed by atoms with van der Waals surface area (Å²) >= 11 is 0. The van der Waals surface area contributed by atoms with Crippen LogP contribution in [-0.2, 0) is 6.54 Å². The quantitative estimate of drug-likeness (QED) is 0.801. The first-order valence-corrected chi connectivity index (χ1v) is 9.07. The number of benzene rings is 1. The second-order valence-electron chi connectivity index (χ2n) is 7.15. The van der Waals surface area contributed by atoms with Gasteiger partial charge in [0.1, 0.15) is 5.75 Å². The summed E-state index contributed by atoms with van der Waals surface area (Å²) in [5.74, 6) is 1.92. The Bertz CT molecular complexity index is 676. The fourth-order valence-electron chi connectivity index (χ4n) is 2.93. The second kappa shape index (κ2) is 7.87. The average Bonchev–Trinajstić information content (AvgIpc) is 3.05. The van der Waals surface area contributed by atoms with Crippen LogP contribution in [0.4, 0.5) is 6.01 Å². The maximum absolute atomic E-state index is 5.79. The normalized spacial score (nSPS) is 16.0. The monoisotopic (exact) mass is 344 g/mol. The van der Waals surface area contributed by atoms with Gasteiger partial charge in [0.2, 0.25) is 5.89 Å². The minimum atomic E-state index is 0.198. The third kappa shape index (κ3) is 4.72. The fourth-order valence-corrected chi connectivity index (χ4v) is 2.93. The van der Waals surface area contributed by atoms with Crippen LogP contribution in [0, 0.1) is 0 Å². The molecule has 136 valence electrons. The molecule has 0 radical (unpaired) electrons. The molecule has 0 atom stereocenters. The Kier molecular flexibility index (Phi) is 5.58. The Balaban J connectivity index is 1.54. The molecular formula is C19H28N4O2. The molecule has 0 saturated carbocycles. The molecule has 0 spiro atoms. The van der Waals surface area contributed by atoms with Crippen LogP contribution in [0.3, 0.4) is 0 Å². The summed E-state index contributed by atoms with van der Waals surface area (Å²) in [7, 11) is 0. The van der Waals surface area contributed by atoms with Crippen molar-refractivity contribution < 1.29 is 9.15 Å². The number of anilines is 1. The van der Waals surface area contributed by atoms with Gasteiger partial charge in [-0.2, -0.15) is 0 Å². The van der Waals surface area contributed by atoms with Crippen molar-refractivity contribution >= 4 is 6.01 Å². The lowest BCUT2D eigenvalue weighted by atomic mass is 10.2. The zero-order valence-corrected chi connectivity index (χ0v) is 15.6. The highest BCUT2D eigenvalue weighted by molar-refractivity contribution is 5.29. The van der Waals surface area contributed by atoms with Crippen LogP contribution >= 0.6 is 0 Å². The first-order chi connectivity index (χ1) is 12.0. The predicted molar refractivity (Wildman–Crippen MR) is 98.1 cm³/mol.